The lowest BCUT2D eigenvalue weighted by Crippen LogP contribution is -2.45. The molecule has 1 heterocycles. The maximum absolute atomic E-state index is 5.94. The van der Waals surface area contributed by atoms with Gasteiger partial charge in [-0.15, -0.1) is 0 Å². The summed E-state index contributed by atoms with van der Waals surface area (Å²) >= 11 is 0. The van der Waals surface area contributed by atoms with E-state index in [0.717, 1.165) is 43.8 Å². The molecule has 1 aromatic carbocycles. The predicted molar refractivity (Wildman–Crippen MR) is 101 cm³/mol. The van der Waals surface area contributed by atoms with Gasteiger partial charge in [-0.25, -0.2) is 0 Å². The van der Waals surface area contributed by atoms with Crippen LogP contribution < -0.4 is 10.1 Å². The Morgan fingerprint density at radius 2 is 2.00 bits per heavy atom. The molecule has 1 aliphatic heterocycles. The minimum absolute atomic E-state index is 0.697. The monoisotopic (exact) mass is 332 g/mol. The van der Waals surface area contributed by atoms with E-state index in [2.05, 4.69) is 53.3 Å². The van der Waals surface area contributed by atoms with Crippen molar-refractivity contribution in [1.29, 1.82) is 0 Å². The number of guanidine groups is 1. The quantitative estimate of drug-likeness (QED) is 0.642. The molecule has 24 heavy (non-hydrogen) atoms. The van der Waals surface area contributed by atoms with Gasteiger partial charge in [0.2, 0.25) is 0 Å². The van der Waals surface area contributed by atoms with Gasteiger partial charge in [0.05, 0.1) is 0 Å². The molecule has 0 atom stereocenters. The molecule has 5 nitrogen and oxygen atoms in total. The van der Waals surface area contributed by atoms with Crippen LogP contribution in [0.15, 0.2) is 29.3 Å². The fraction of sp³-hybridized carbons (Fsp3) is 0.632. The van der Waals surface area contributed by atoms with E-state index in [0.29, 0.717) is 6.61 Å². The second-order valence-electron chi connectivity index (χ2n) is 6.83. The van der Waals surface area contributed by atoms with E-state index in [1.54, 1.807) is 0 Å². The number of ether oxygens (including phenoxy) is 1. The van der Waals surface area contributed by atoms with Crippen LogP contribution in [0.1, 0.15) is 25.3 Å². The van der Waals surface area contributed by atoms with Crippen molar-refractivity contribution in [1.82, 2.24) is 15.1 Å². The lowest BCUT2D eigenvalue weighted by Gasteiger charge is -2.33. The van der Waals surface area contributed by atoms with Crippen LogP contribution in [0.4, 0.5) is 0 Å². The molecule has 1 N–H and O–H groups in total. The van der Waals surface area contributed by atoms with Crippen molar-refractivity contribution in [3.63, 3.8) is 0 Å². The fourth-order valence-electron chi connectivity index (χ4n) is 2.86. The molecule has 5 heteroatoms. The summed E-state index contributed by atoms with van der Waals surface area (Å²) in [6.07, 6.45) is 2.48. The highest BCUT2D eigenvalue weighted by Crippen LogP contribution is 2.19. The van der Waals surface area contributed by atoms with E-state index in [-0.39, 0.29) is 0 Å². The first-order valence-corrected chi connectivity index (χ1v) is 8.91. The van der Waals surface area contributed by atoms with Gasteiger partial charge in [-0.1, -0.05) is 25.1 Å². The second-order valence-corrected chi connectivity index (χ2v) is 6.83. The third-order valence-electron chi connectivity index (χ3n) is 4.50. The summed E-state index contributed by atoms with van der Waals surface area (Å²) < 4.78 is 5.94. The van der Waals surface area contributed by atoms with E-state index in [9.17, 15) is 0 Å². The van der Waals surface area contributed by atoms with Gasteiger partial charge in [0, 0.05) is 38.8 Å². The normalized spacial score (nSPS) is 16.5. The maximum atomic E-state index is 5.94. The second kappa shape index (κ2) is 9.52. The summed E-state index contributed by atoms with van der Waals surface area (Å²) in [5.41, 5.74) is 1.17. The number of piperidine rings is 1. The zero-order valence-electron chi connectivity index (χ0n) is 15.6. The average Bonchev–Trinajstić information content (AvgIpc) is 2.58. The molecule has 1 fully saturated rings. The van der Waals surface area contributed by atoms with Gasteiger partial charge in [-0.3, -0.25) is 4.99 Å². The van der Waals surface area contributed by atoms with Crippen molar-refractivity contribution in [2.75, 3.05) is 47.4 Å². The molecule has 0 bridgehead atoms. The Hall–Kier alpha value is -1.75. The van der Waals surface area contributed by atoms with Crippen LogP contribution in [0.25, 0.3) is 0 Å². The molecule has 0 spiro atoms. The highest BCUT2D eigenvalue weighted by Gasteiger charge is 2.18. The number of benzene rings is 1. The summed E-state index contributed by atoms with van der Waals surface area (Å²) in [5.74, 6) is 2.77. The summed E-state index contributed by atoms with van der Waals surface area (Å²) in [4.78, 5) is 8.93. The molecular weight excluding hydrogens is 300 g/mol. The van der Waals surface area contributed by atoms with Gasteiger partial charge in [0.1, 0.15) is 12.4 Å². The average molecular weight is 332 g/mol. The Labute approximate surface area is 146 Å². The van der Waals surface area contributed by atoms with E-state index in [1.165, 1.54) is 18.4 Å². The summed E-state index contributed by atoms with van der Waals surface area (Å²) in [5, 5.41) is 3.50. The molecule has 1 saturated heterocycles. The lowest BCUT2D eigenvalue weighted by molar-refractivity contribution is 0.258. The fourth-order valence-corrected chi connectivity index (χ4v) is 2.86. The summed E-state index contributed by atoms with van der Waals surface area (Å²) in [7, 11) is 5.97. The number of hydrogen-bond acceptors (Lipinski definition) is 3. The Kier molecular flexibility index (Phi) is 7.37. The van der Waals surface area contributed by atoms with Gasteiger partial charge in [-0.2, -0.15) is 0 Å². The predicted octanol–water partition coefficient (Wildman–Crippen LogP) is 2.43. The van der Waals surface area contributed by atoms with Gasteiger partial charge < -0.3 is 19.9 Å². The van der Waals surface area contributed by atoms with Crippen LogP contribution in [0.2, 0.25) is 0 Å². The van der Waals surface area contributed by atoms with Gasteiger partial charge in [-0.05, 0) is 38.9 Å². The molecule has 0 amide bonds. The largest absolute Gasteiger partial charge is 0.492 e. The lowest BCUT2D eigenvalue weighted by atomic mass is 9.99. The number of nitrogens with one attached hydrogen (secondary N) is 1. The van der Waals surface area contributed by atoms with Gasteiger partial charge in [0.25, 0.3) is 0 Å². The first-order chi connectivity index (χ1) is 11.6. The number of nitrogens with zero attached hydrogens (tertiary/aromatic N) is 3. The summed E-state index contributed by atoms with van der Waals surface area (Å²) in [6.45, 7) is 6.84. The van der Waals surface area contributed by atoms with Crippen LogP contribution in [0.3, 0.4) is 0 Å². The molecule has 0 aliphatic carbocycles. The van der Waals surface area contributed by atoms with E-state index < -0.39 is 0 Å². The molecule has 0 unspecified atom stereocenters. The third-order valence-corrected chi connectivity index (χ3v) is 4.50. The Bertz CT molecular complexity index is 522. The van der Waals surface area contributed by atoms with Crippen molar-refractivity contribution in [2.24, 2.45) is 10.9 Å². The Morgan fingerprint density at radius 3 is 2.67 bits per heavy atom. The number of likely N-dealkylation sites (N-methyl/N-ethyl adjacent to an activating group) is 1. The molecule has 0 saturated carbocycles. The van der Waals surface area contributed by atoms with Crippen molar-refractivity contribution in [3.8, 4) is 5.75 Å². The number of hydrogen-bond donors (Lipinski definition) is 1. The molecule has 134 valence electrons. The van der Waals surface area contributed by atoms with Gasteiger partial charge >= 0.3 is 0 Å². The van der Waals surface area contributed by atoms with Crippen molar-refractivity contribution in [3.05, 3.63) is 29.8 Å². The Balaban J connectivity index is 1.90. The Morgan fingerprint density at radius 1 is 1.29 bits per heavy atom. The highest BCUT2D eigenvalue weighted by molar-refractivity contribution is 5.80. The van der Waals surface area contributed by atoms with Crippen molar-refractivity contribution in [2.45, 2.75) is 26.3 Å². The first kappa shape index (κ1) is 18.6. The molecule has 1 aliphatic rings. The molecule has 2 rings (SSSR count). The van der Waals surface area contributed by atoms with Crippen LogP contribution >= 0.6 is 0 Å². The minimum Gasteiger partial charge on any atom is -0.492 e. The van der Waals surface area contributed by atoms with Gasteiger partial charge in [0.15, 0.2) is 5.96 Å². The van der Waals surface area contributed by atoms with E-state index >= 15 is 0 Å². The maximum Gasteiger partial charge on any atom is 0.193 e. The van der Waals surface area contributed by atoms with Crippen LogP contribution in [0.5, 0.6) is 5.75 Å². The molecule has 0 aromatic heterocycles. The molecule has 1 aromatic rings. The van der Waals surface area contributed by atoms with E-state index in [1.807, 2.05) is 19.2 Å². The van der Waals surface area contributed by atoms with E-state index in [4.69, 9.17) is 4.74 Å². The zero-order valence-corrected chi connectivity index (χ0v) is 15.6. The SMILES string of the molecule is CN=C(NCc1ccccc1OCCN(C)C)N1CCC(C)CC1. The van der Waals surface area contributed by atoms with Crippen LogP contribution in [0, 0.1) is 5.92 Å². The zero-order chi connectivity index (χ0) is 17.4. The first-order valence-electron chi connectivity index (χ1n) is 8.91. The third kappa shape index (κ3) is 5.71. The van der Waals surface area contributed by atoms with Crippen LogP contribution in [-0.2, 0) is 6.54 Å². The minimum atomic E-state index is 0.697. The highest BCUT2D eigenvalue weighted by atomic mass is 16.5. The number of aliphatic imine (C=N–C) groups is 1. The number of rotatable bonds is 6. The topological polar surface area (TPSA) is 40.1 Å². The standard InChI is InChI=1S/C19H32N4O/c1-16-9-11-23(12-10-16)19(20-2)21-15-17-7-5-6-8-18(17)24-14-13-22(3)4/h5-8,16H,9-15H2,1-4H3,(H,20,21). The summed E-state index contributed by atoms with van der Waals surface area (Å²) in [6, 6.07) is 8.23. The smallest absolute Gasteiger partial charge is 0.193 e. The molecular formula is C19H32N4O. The number of likely N-dealkylation sites (tertiary alicyclic amines) is 1. The van der Waals surface area contributed by atoms with Crippen molar-refractivity contribution < 1.29 is 4.74 Å². The van der Waals surface area contributed by atoms with Crippen LogP contribution in [-0.4, -0.2) is 63.1 Å². The molecule has 0 radical (unpaired) electrons. The van der Waals surface area contributed by atoms with Crippen molar-refractivity contribution >= 4 is 5.96 Å². The number of para-hydroxylation sites is 1.